The molecule has 3 heteroatoms. The van der Waals surface area contributed by atoms with Crippen LogP contribution in [0.5, 0.6) is 0 Å². The molecule has 0 saturated heterocycles. The molecule has 0 aliphatic carbocycles. The van der Waals surface area contributed by atoms with Crippen molar-refractivity contribution in [2.24, 2.45) is 5.73 Å². The van der Waals surface area contributed by atoms with Gasteiger partial charge in [-0.2, -0.15) is 0 Å². The summed E-state index contributed by atoms with van der Waals surface area (Å²) in [6.45, 7) is 1.64. The van der Waals surface area contributed by atoms with Gasteiger partial charge in [-0.1, -0.05) is 24.3 Å². The van der Waals surface area contributed by atoms with Crippen molar-refractivity contribution < 1.29 is 10.2 Å². The standard InChI is InChI=1S/C10H15NO2/c1-10(11,7-13)9-4-2-3-8(5-9)6-12/h2-5,12-13H,6-7,11H2,1H3. The van der Waals surface area contributed by atoms with Gasteiger partial charge in [-0.15, -0.1) is 0 Å². The number of benzene rings is 1. The summed E-state index contributed by atoms with van der Waals surface area (Å²) in [5.74, 6) is 0. The van der Waals surface area contributed by atoms with Crippen LogP contribution in [-0.4, -0.2) is 16.8 Å². The molecule has 0 bridgehead atoms. The molecule has 4 N–H and O–H groups in total. The molecule has 0 aliphatic rings. The Morgan fingerprint density at radius 3 is 2.62 bits per heavy atom. The fraction of sp³-hybridized carbons (Fsp3) is 0.400. The number of nitrogens with two attached hydrogens (primary N) is 1. The molecule has 0 spiro atoms. The lowest BCUT2D eigenvalue weighted by molar-refractivity contribution is 0.209. The van der Waals surface area contributed by atoms with Gasteiger partial charge in [-0.05, 0) is 18.1 Å². The summed E-state index contributed by atoms with van der Waals surface area (Å²) in [4.78, 5) is 0. The third-order valence-electron chi connectivity index (χ3n) is 2.10. The second kappa shape index (κ2) is 3.87. The molecule has 0 radical (unpaired) electrons. The van der Waals surface area contributed by atoms with E-state index in [1.807, 2.05) is 18.2 Å². The van der Waals surface area contributed by atoms with Crippen LogP contribution in [0.1, 0.15) is 18.1 Å². The zero-order chi connectivity index (χ0) is 9.90. The summed E-state index contributed by atoms with van der Waals surface area (Å²) in [5, 5.41) is 17.9. The first-order chi connectivity index (χ1) is 6.10. The first kappa shape index (κ1) is 10.2. The Kier molecular flexibility index (Phi) is 3.03. The highest BCUT2D eigenvalue weighted by atomic mass is 16.3. The molecule has 0 aliphatic heterocycles. The summed E-state index contributed by atoms with van der Waals surface area (Å²) < 4.78 is 0. The van der Waals surface area contributed by atoms with Crippen LogP contribution in [0.3, 0.4) is 0 Å². The van der Waals surface area contributed by atoms with Crippen LogP contribution in [0.2, 0.25) is 0 Å². The lowest BCUT2D eigenvalue weighted by Crippen LogP contribution is -2.36. The summed E-state index contributed by atoms with van der Waals surface area (Å²) >= 11 is 0. The fourth-order valence-corrected chi connectivity index (χ4v) is 1.12. The van der Waals surface area contributed by atoms with E-state index < -0.39 is 5.54 Å². The van der Waals surface area contributed by atoms with Crippen molar-refractivity contribution in [2.45, 2.75) is 19.1 Å². The van der Waals surface area contributed by atoms with Crippen molar-refractivity contribution in [2.75, 3.05) is 6.61 Å². The van der Waals surface area contributed by atoms with E-state index in [1.165, 1.54) is 0 Å². The smallest absolute Gasteiger partial charge is 0.0681 e. The van der Waals surface area contributed by atoms with E-state index in [4.69, 9.17) is 15.9 Å². The highest BCUT2D eigenvalue weighted by molar-refractivity contribution is 5.28. The number of rotatable bonds is 3. The van der Waals surface area contributed by atoms with Gasteiger partial charge in [0.25, 0.3) is 0 Å². The maximum Gasteiger partial charge on any atom is 0.0681 e. The minimum absolute atomic E-state index is 0.00461. The second-order valence-electron chi connectivity index (χ2n) is 3.43. The molecule has 0 heterocycles. The Balaban J connectivity index is 3.01. The van der Waals surface area contributed by atoms with E-state index in [9.17, 15) is 0 Å². The van der Waals surface area contributed by atoms with E-state index in [0.29, 0.717) is 0 Å². The molecule has 13 heavy (non-hydrogen) atoms. The van der Waals surface area contributed by atoms with E-state index in [2.05, 4.69) is 0 Å². The van der Waals surface area contributed by atoms with Crippen LogP contribution in [0.4, 0.5) is 0 Å². The molecule has 1 atom stereocenters. The summed E-state index contributed by atoms with van der Waals surface area (Å²) in [6, 6.07) is 7.28. The molecule has 0 amide bonds. The predicted octanol–water partition coefficient (Wildman–Crippen LogP) is 0.345. The van der Waals surface area contributed by atoms with Gasteiger partial charge in [0.1, 0.15) is 0 Å². The fourth-order valence-electron chi connectivity index (χ4n) is 1.12. The van der Waals surface area contributed by atoms with Crippen LogP contribution in [-0.2, 0) is 12.1 Å². The van der Waals surface area contributed by atoms with E-state index in [-0.39, 0.29) is 13.2 Å². The topological polar surface area (TPSA) is 66.5 Å². The maximum atomic E-state index is 9.02. The molecule has 0 aromatic heterocycles. The van der Waals surface area contributed by atoms with Crippen molar-refractivity contribution in [3.8, 4) is 0 Å². The van der Waals surface area contributed by atoms with Crippen molar-refractivity contribution in [1.29, 1.82) is 0 Å². The van der Waals surface area contributed by atoms with Gasteiger partial charge in [0, 0.05) is 0 Å². The highest BCUT2D eigenvalue weighted by Crippen LogP contribution is 2.18. The quantitative estimate of drug-likeness (QED) is 0.630. The van der Waals surface area contributed by atoms with Crippen LogP contribution < -0.4 is 5.73 Å². The number of aliphatic hydroxyl groups is 2. The zero-order valence-corrected chi connectivity index (χ0v) is 7.70. The monoisotopic (exact) mass is 181 g/mol. The molecule has 1 rings (SSSR count). The van der Waals surface area contributed by atoms with Crippen LogP contribution in [0, 0.1) is 0 Å². The minimum atomic E-state index is -0.731. The van der Waals surface area contributed by atoms with Crippen molar-refractivity contribution in [1.82, 2.24) is 0 Å². The molecular formula is C10H15NO2. The molecule has 0 fully saturated rings. The Labute approximate surface area is 77.8 Å². The summed E-state index contributed by atoms with van der Waals surface area (Å²) in [5.41, 5.74) is 6.74. The molecule has 1 unspecified atom stereocenters. The highest BCUT2D eigenvalue weighted by Gasteiger charge is 2.19. The zero-order valence-electron chi connectivity index (χ0n) is 7.70. The van der Waals surface area contributed by atoms with Gasteiger partial charge in [0.2, 0.25) is 0 Å². The average Bonchev–Trinajstić information content (AvgIpc) is 2.18. The SMILES string of the molecule is CC(N)(CO)c1cccc(CO)c1. The minimum Gasteiger partial charge on any atom is -0.394 e. The first-order valence-electron chi connectivity index (χ1n) is 4.20. The van der Waals surface area contributed by atoms with Crippen molar-refractivity contribution >= 4 is 0 Å². The lowest BCUT2D eigenvalue weighted by Gasteiger charge is -2.22. The molecular weight excluding hydrogens is 166 g/mol. The van der Waals surface area contributed by atoms with E-state index >= 15 is 0 Å². The molecule has 72 valence electrons. The lowest BCUT2D eigenvalue weighted by atomic mass is 9.93. The van der Waals surface area contributed by atoms with Crippen LogP contribution in [0.25, 0.3) is 0 Å². The Hall–Kier alpha value is -0.900. The van der Waals surface area contributed by atoms with Crippen LogP contribution >= 0.6 is 0 Å². The third-order valence-corrected chi connectivity index (χ3v) is 2.10. The third kappa shape index (κ3) is 2.28. The van der Waals surface area contributed by atoms with Gasteiger partial charge in [0.05, 0.1) is 18.8 Å². The first-order valence-corrected chi connectivity index (χ1v) is 4.20. The normalized spacial score (nSPS) is 15.4. The Morgan fingerprint density at radius 1 is 1.38 bits per heavy atom. The van der Waals surface area contributed by atoms with E-state index in [0.717, 1.165) is 11.1 Å². The molecule has 0 saturated carbocycles. The van der Waals surface area contributed by atoms with Gasteiger partial charge in [0.15, 0.2) is 0 Å². The van der Waals surface area contributed by atoms with Gasteiger partial charge < -0.3 is 15.9 Å². The number of aliphatic hydroxyl groups excluding tert-OH is 2. The molecule has 1 aromatic rings. The number of hydrogen-bond acceptors (Lipinski definition) is 3. The predicted molar refractivity (Wildman–Crippen MR) is 51.0 cm³/mol. The summed E-state index contributed by atoms with van der Waals surface area (Å²) in [7, 11) is 0. The summed E-state index contributed by atoms with van der Waals surface area (Å²) in [6.07, 6.45) is 0. The number of hydrogen-bond donors (Lipinski definition) is 3. The maximum absolute atomic E-state index is 9.02. The Bertz CT molecular complexity index is 284. The molecule has 3 nitrogen and oxygen atoms in total. The van der Waals surface area contributed by atoms with Gasteiger partial charge in [-0.25, -0.2) is 0 Å². The Morgan fingerprint density at radius 2 is 2.08 bits per heavy atom. The largest absolute Gasteiger partial charge is 0.394 e. The van der Waals surface area contributed by atoms with Crippen molar-refractivity contribution in [3.05, 3.63) is 35.4 Å². The molecule has 1 aromatic carbocycles. The van der Waals surface area contributed by atoms with Crippen molar-refractivity contribution in [3.63, 3.8) is 0 Å². The average molecular weight is 181 g/mol. The van der Waals surface area contributed by atoms with E-state index in [1.54, 1.807) is 13.0 Å². The van der Waals surface area contributed by atoms with Crippen LogP contribution in [0.15, 0.2) is 24.3 Å². The van der Waals surface area contributed by atoms with Gasteiger partial charge in [-0.3, -0.25) is 0 Å². The van der Waals surface area contributed by atoms with Gasteiger partial charge >= 0.3 is 0 Å². The second-order valence-corrected chi connectivity index (χ2v) is 3.43.